The van der Waals surface area contributed by atoms with Crippen LogP contribution >= 0.6 is 0 Å². The van der Waals surface area contributed by atoms with Crippen LogP contribution in [0.5, 0.6) is 5.75 Å². The monoisotopic (exact) mass is 401 g/mol. The van der Waals surface area contributed by atoms with Gasteiger partial charge in [0.05, 0.1) is 13.2 Å². The van der Waals surface area contributed by atoms with E-state index >= 15 is 0 Å². The molecule has 2 fully saturated rings. The molecule has 0 aromatic heterocycles. The van der Waals surface area contributed by atoms with Gasteiger partial charge in [-0.05, 0) is 50.0 Å². The number of amides is 1. The van der Waals surface area contributed by atoms with Crippen molar-refractivity contribution in [2.24, 2.45) is 4.99 Å². The SMILES string of the molecule is CCC(=O)N1CCC(NC(=NC)NCC(c2cccc(OC)c2)N2CCCC2)C1. The predicted octanol–water partition coefficient (Wildman–Crippen LogP) is 2.01. The summed E-state index contributed by atoms with van der Waals surface area (Å²) in [6.45, 7) is 6.50. The van der Waals surface area contributed by atoms with Crippen LogP contribution in [0.1, 0.15) is 44.2 Å². The highest BCUT2D eigenvalue weighted by Gasteiger charge is 2.27. The lowest BCUT2D eigenvalue weighted by Gasteiger charge is -2.29. The summed E-state index contributed by atoms with van der Waals surface area (Å²) in [6, 6.07) is 8.87. The van der Waals surface area contributed by atoms with Crippen molar-refractivity contribution >= 4 is 11.9 Å². The van der Waals surface area contributed by atoms with Gasteiger partial charge in [0, 0.05) is 39.1 Å². The molecule has 0 spiro atoms. The second-order valence-electron chi connectivity index (χ2n) is 7.81. The summed E-state index contributed by atoms with van der Waals surface area (Å²) in [7, 11) is 3.51. The van der Waals surface area contributed by atoms with E-state index in [-0.39, 0.29) is 18.0 Å². The third-order valence-corrected chi connectivity index (χ3v) is 5.93. The number of methoxy groups -OCH3 is 1. The van der Waals surface area contributed by atoms with Crippen molar-refractivity contribution in [1.82, 2.24) is 20.4 Å². The van der Waals surface area contributed by atoms with Gasteiger partial charge in [-0.3, -0.25) is 14.7 Å². The van der Waals surface area contributed by atoms with Gasteiger partial charge in [0.15, 0.2) is 5.96 Å². The number of aliphatic imine (C=N–C) groups is 1. The van der Waals surface area contributed by atoms with Gasteiger partial charge in [-0.15, -0.1) is 0 Å². The number of rotatable bonds is 7. The number of carbonyl (C=O) groups excluding carboxylic acids is 1. The van der Waals surface area contributed by atoms with Crippen LogP contribution in [-0.2, 0) is 4.79 Å². The van der Waals surface area contributed by atoms with Gasteiger partial charge in [-0.25, -0.2) is 0 Å². The Labute approximate surface area is 174 Å². The molecule has 0 radical (unpaired) electrons. The van der Waals surface area contributed by atoms with Gasteiger partial charge in [0.1, 0.15) is 5.75 Å². The maximum atomic E-state index is 11.9. The molecule has 2 N–H and O–H groups in total. The molecule has 2 aliphatic heterocycles. The maximum absolute atomic E-state index is 11.9. The second kappa shape index (κ2) is 10.5. The van der Waals surface area contributed by atoms with E-state index in [0.29, 0.717) is 6.42 Å². The summed E-state index contributed by atoms with van der Waals surface area (Å²) in [5.74, 6) is 1.91. The summed E-state index contributed by atoms with van der Waals surface area (Å²) in [6.07, 6.45) is 4.02. The molecule has 2 atom stereocenters. The summed E-state index contributed by atoms with van der Waals surface area (Å²) in [5.41, 5.74) is 1.26. The standard InChI is InChI=1S/C22H35N5O2/c1-4-21(28)27-13-10-18(16-27)25-22(23-2)24-15-20(26-11-5-6-12-26)17-8-7-9-19(14-17)29-3/h7-9,14,18,20H,4-6,10-13,15-16H2,1-3H3,(H2,23,24,25). The lowest BCUT2D eigenvalue weighted by atomic mass is 10.1. The first-order valence-corrected chi connectivity index (χ1v) is 10.8. The summed E-state index contributed by atoms with van der Waals surface area (Å²) >= 11 is 0. The van der Waals surface area contributed by atoms with Crippen molar-refractivity contribution in [1.29, 1.82) is 0 Å². The van der Waals surface area contributed by atoms with Crippen LogP contribution in [0.15, 0.2) is 29.3 Å². The minimum Gasteiger partial charge on any atom is -0.497 e. The number of nitrogens with zero attached hydrogens (tertiary/aromatic N) is 3. The van der Waals surface area contributed by atoms with Crippen molar-refractivity contribution in [3.05, 3.63) is 29.8 Å². The van der Waals surface area contributed by atoms with E-state index in [4.69, 9.17) is 4.74 Å². The van der Waals surface area contributed by atoms with Crippen LogP contribution in [-0.4, -0.2) is 74.6 Å². The Morgan fingerprint density at radius 3 is 2.79 bits per heavy atom. The highest BCUT2D eigenvalue weighted by Crippen LogP contribution is 2.27. The molecule has 2 aliphatic rings. The van der Waals surface area contributed by atoms with Crippen molar-refractivity contribution in [3.8, 4) is 5.75 Å². The molecule has 2 saturated heterocycles. The fraction of sp³-hybridized carbons (Fsp3) is 0.636. The van der Waals surface area contributed by atoms with Crippen LogP contribution in [0.3, 0.4) is 0 Å². The third kappa shape index (κ3) is 5.63. The number of carbonyl (C=O) groups is 1. The maximum Gasteiger partial charge on any atom is 0.222 e. The lowest BCUT2D eigenvalue weighted by Crippen LogP contribution is -2.47. The van der Waals surface area contributed by atoms with Crippen LogP contribution in [0.25, 0.3) is 0 Å². The zero-order valence-corrected chi connectivity index (χ0v) is 18.0. The Hall–Kier alpha value is -2.28. The molecular weight excluding hydrogens is 366 g/mol. The van der Waals surface area contributed by atoms with Crippen LogP contribution in [0.2, 0.25) is 0 Å². The molecular formula is C22H35N5O2. The first kappa shape index (κ1) is 21.4. The average Bonchev–Trinajstić information content (AvgIpc) is 3.45. The predicted molar refractivity (Wildman–Crippen MR) is 116 cm³/mol. The smallest absolute Gasteiger partial charge is 0.222 e. The van der Waals surface area contributed by atoms with E-state index < -0.39 is 0 Å². The highest BCUT2D eigenvalue weighted by atomic mass is 16.5. The van der Waals surface area contributed by atoms with E-state index in [2.05, 4.69) is 38.7 Å². The molecule has 1 aromatic carbocycles. The van der Waals surface area contributed by atoms with Gasteiger partial charge in [0.25, 0.3) is 0 Å². The fourth-order valence-corrected chi connectivity index (χ4v) is 4.27. The largest absolute Gasteiger partial charge is 0.497 e. The molecule has 7 heteroatoms. The number of likely N-dealkylation sites (tertiary alicyclic amines) is 2. The van der Waals surface area contributed by atoms with E-state index in [0.717, 1.165) is 50.9 Å². The first-order chi connectivity index (χ1) is 14.1. The van der Waals surface area contributed by atoms with Gasteiger partial charge in [-0.2, -0.15) is 0 Å². The molecule has 2 unspecified atom stereocenters. The van der Waals surface area contributed by atoms with Crippen LogP contribution in [0, 0.1) is 0 Å². The quantitative estimate of drug-likeness (QED) is 0.540. The van der Waals surface area contributed by atoms with E-state index in [9.17, 15) is 4.79 Å². The molecule has 7 nitrogen and oxygen atoms in total. The van der Waals surface area contributed by atoms with E-state index in [1.165, 1.54) is 18.4 Å². The summed E-state index contributed by atoms with van der Waals surface area (Å²) < 4.78 is 5.43. The zero-order chi connectivity index (χ0) is 20.6. The Morgan fingerprint density at radius 1 is 1.31 bits per heavy atom. The van der Waals surface area contributed by atoms with Crippen molar-refractivity contribution in [2.75, 3.05) is 46.9 Å². The highest BCUT2D eigenvalue weighted by molar-refractivity contribution is 5.80. The normalized spacial score (nSPS) is 21.3. The van der Waals surface area contributed by atoms with E-state index in [1.807, 2.05) is 17.9 Å². The number of hydrogen-bond donors (Lipinski definition) is 2. The van der Waals surface area contributed by atoms with Crippen molar-refractivity contribution in [2.45, 2.75) is 44.7 Å². The van der Waals surface area contributed by atoms with Gasteiger partial charge < -0.3 is 20.3 Å². The molecule has 1 amide bonds. The molecule has 0 bridgehead atoms. The zero-order valence-electron chi connectivity index (χ0n) is 18.0. The molecule has 2 heterocycles. The molecule has 160 valence electrons. The van der Waals surface area contributed by atoms with Crippen molar-refractivity contribution < 1.29 is 9.53 Å². The van der Waals surface area contributed by atoms with Crippen LogP contribution < -0.4 is 15.4 Å². The minimum absolute atomic E-state index is 0.226. The Kier molecular flexibility index (Phi) is 7.75. The van der Waals surface area contributed by atoms with E-state index in [1.54, 1.807) is 14.2 Å². The Balaban J connectivity index is 1.61. The molecule has 3 rings (SSSR count). The second-order valence-corrected chi connectivity index (χ2v) is 7.81. The Bertz CT molecular complexity index is 702. The first-order valence-electron chi connectivity index (χ1n) is 10.8. The third-order valence-electron chi connectivity index (χ3n) is 5.93. The van der Waals surface area contributed by atoms with Crippen LogP contribution in [0.4, 0.5) is 0 Å². The van der Waals surface area contributed by atoms with Gasteiger partial charge in [0.2, 0.25) is 5.91 Å². The molecule has 0 saturated carbocycles. The van der Waals surface area contributed by atoms with Gasteiger partial charge in [-0.1, -0.05) is 19.1 Å². The average molecular weight is 402 g/mol. The fourth-order valence-electron chi connectivity index (χ4n) is 4.27. The molecule has 0 aliphatic carbocycles. The van der Waals surface area contributed by atoms with Gasteiger partial charge >= 0.3 is 0 Å². The van der Waals surface area contributed by atoms with Crippen molar-refractivity contribution in [3.63, 3.8) is 0 Å². The number of ether oxygens (including phenoxy) is 1. The number of hydrogen-bond acceptors (Lipinski definition) is 4. The number of benzene rings is 1. The lowest BCUT2D eigenvalue weighted by molar-refractivity contribution is -0.129. The Morgan fingerprint density at radius 2 is 2.10 bits per heavy atom. The number of nitrogens with one attached hydrogen (secondary N) is 2. The minimum atomic E-state index is 0.226. The number of guanidine groups is 1. The molecule has 1 aromatic rings. The summed E-state index contributed by atoms with van der Waals surface area (Å²) in [5, 5.41) is 7.02. The summed E-state index contributed by atoms with van der Waals surface area (Å²) in [4.78, 5) is 20.8. The topological polar surface area (TPSA) is 69.2 Å². The molecule has 29 heavy (non-hydrogen) atoms.